The lowest BCUT2D eigenvalue weighted by molar-refractivity contribution is 0.313. The van der Waals surface area contributed by atoms with E-state index in [1.165, 1.54) is 32.1 Å². The largest absolute Gasteiger partial charge is 0.330 e. The van der Waals surface area contributed by atoms with Crippen molar-refractivity contribution in [1.82, 2.24) is 14.5 Å². The van der Waals surface area contributed by atoms with Gasteiger partial charge >= 0.3 is 0 Å². The van der Waals surface area contributed by atoms with Gasteiger partial charge in [-0.3, -0.25) is 4.98 Å². The van der Waals surface area contributed by atoms with E-state index in [2.05, 4.69) is 30.3 Å². The minimum Gasteiger partial charge on any atom is -0.330 e. The molecule has 4 rings (SSSR count). The monoisotopic (exact) mass is 482 g/mol. The molecule has 1 aromatic carbocycles. The summed E-state index contributed by atoms with van der Waals surface area (Å²) in [7, 11) is -3.66. The van der Waals surface area contributed by atoms with Crippen LogP contribution in [0.5, 0.6) is 0 Å². The van der Waals surface area contributed by atoms with Gasteiger partial charge in [0.05, 0.1) is 20.8 Å². The number of unbranched alkanes of at least 4 members (excludes halogenated alkanes) is 1. The van der Waals surface area contributed by atoms with Crippen molar-refractivity contribution in [2.75, 3.05) is 6.54 Å². The molecule has 0 unspecified atom stereocenters. The topological polar surface area (TPSA) is 90.9 Å². The smallest absolute Gasteiger partial charge is 0.206 e. The van der Waals surface area contributed by atoms with Crippen LogP contribution in [0.15, 0.2) is 46.3 Å². The first-order chi connectivity index (χ1) is 16.2. The van der Waals surface area contributed by atoms with Crippen LogP contribution in [0, 0.1) is 5.92 Å². The Bertz CT molecular complexity index is 1240. The zero-order chi connectivity index (χ0) is 24.3. The average molecular weight is 483 g/mol. The van der Waals surface area contributed by atoms with Gasteiger partial charge in [-0.2, -0.15) is 0 Å². The lowest BCUT2D eigenvalue weighted by Gasteiger charge is -2.26. The summed E-state index contributed by atoms with van der Waals surface area (Å²) in [6, 6.07) is 8.69. The molecule has 3 aromatic rings. The highest BCUT2D eigenvalue weighted by Crippen LogP contribution is 2.33. The fourth-order valence-corrected chi connectivity index (χ4v) is 6.33. The van der Waals surface area contributed by atoms with Crippen LogP contribution in [0.25, 0.3) is 11.0 Å². The third-order valence-corrected chi connectivity index (χ3v) is 8.60. The van der Waals surface area contributed by atoms with Crippen molar-refractivity contribution in [3.8, 4) is 0 Å². The first-order valence-electron chi connectivity index (χ1n) is 12.6. The quantitative estimate of drug-likeness (QED) is 0.433. The first-order valence-corrected chi connectivity index (χ1v) is 14.1. The van der Waals surface area contributed by atoms with Gasteiger partial charge in [0.1, 0.15) is 5.82 Å². The van der Waals surface area contributed by atoms with E-state index in [1.54, 1.807) is 30.5 Å². The summed E-state index contributed by atoms with van der Waals surface area (Å²) >= 11 is 0. The second kappa shape index (κ2) is 10.2. The van der Waals surface area contributed by atoms with E-state index in [0.29, 0.717) is 12.5 Å². The van der Waals surface area contributed by atoms with Gasteiger partial charge in [0.25, 0.3) is 0 Å². The minimum atomic E-state index is -3.66. The number of hydrogen-bond acceptors (Lipinski definition) is 5. The average Bonchev–Trinajstić information content (AvgIpc) is 3.18. The van der Waals surface area contributed by atoms with E-state index in [-0.39, 0.29) is 15.2 Å². The Morgan fingerprint density at radius 3 is 2.47 bits per heavy atom. The van der Waals surface area contributed by atoms with Crippen LogP contribution in [-0.4, -0.2) is 29.5 Å². The molecule has 184 valence electrons. The van der Waals surface area contributed by atoms with Crippen molar-refractivity contribution < 1.29 is 8.42 Å². The van der Waals surface area contributed by atoms with Crippen molar-refractivity contribution in [2.24, 2.45) is 11.7 Å². The number of imidazole rings is 1. The van der Waals surface area contributed by atoms with Gasteiger partial charge in [-0.05, 0) is 74.9 Å². The number of nitrogens with zero attached hydrogens (tertiary/aromatic N) is 3. The molecule has 7 heteroatoms. The van der Waals surface area contributed by atoms with E-state index in [1.807, 2.05) is 6.07 Å². The Hall–Kier alpha value is -2.25. The molecule has 0 amide bonds. The van der Waals surface area contributed by atoms with Crippen molar-refractivity contribution in [3.05, 3.63) is 48.0 Å². The Morgan fingerprint density at radius 1 is 1.03 bits per heavy atom. The standard InChI is InChI=1S/C27H38N4O2S/c1-27(2,3)26-30-24-18-22(12-13-25(24)31(26)19-20-9-5-4-6-10-20)34(32,33)23-14-16-29-21(17-23)11-7-8-15-28/h12-14,16-18,20H,4-11,15,19,28H2,1-3H3. The molecule has 0 bridgehead atoms. The van der Waals surface area contributed by atoms with Gasteiger partial charge in [0.15, 0.2) is 0 Å². The first kappa shape index (κ1) is 24.9. The van der Waals surface area contributed by atoms with Crippen LogP contribution in [0.2, 0.25) is 0 Å². The molecule has 1 aliphatic carbocycles. The lowest BCUT2D eigenvalue weighted by Crippen LogP contribution is -2.22. The summed E-state index contributed by atoms with van der Waals surface area (Å²) in [5.41, 5.74) is 8.00. The molecule has 6 nitrogen and oxygen atoms in total. The molecule has 0 radical (unpaired) electrons. The van der Waals surface area contributed by atoms with E-state index >= 15 is 0 Å². The number of hydrogen-bond donors (Lipinski definition) is 1. The summed E-state index contributed by atoms with van der Waals surface area (Å²) in [4.78, 5) is 9.86. The van der Waals surface area contributed by atoms with Gasteiger partial charge in [-0.1, -0.05) is 40.0 Å². The highest BCUT2D eigenvalue weighted by atomic mass is 32.2. The maximum Gasteiger partial charge on any atom is 0.206 e. The molecule has 0 saturated heterocycles. The third-order valence-electron chi connectivity index (χ3n) is 6.85. The molecule has 1 saturated carbocycles. The lowest BCUT2D eigenvalue weighted by atomic mass is 9.88. The number of pyridine rings is 1. The number of rotatable bonds is 8. The van der Waals surface area contributed by atoms with E-state index in [4.69, 9.17) is 10.7 Å². The third kappa shape index (κ3) is 5.36. The van der Waals surface area contributed by atoms with E-state index < -0.39 is 9.84 Å². The molecule has 2 N–H and O–H groups in total. The predicted octanol–water partition coefficient (Wildman–Crippen LogP) is 5.42. The molecule has 1 fully saturated rings. The number of aryl methyl sites for hydroxylation is 1. The van der Waals surface area contributed by atoms with Gasteiger partial charge in [0.2, 0.25) is 9.84 Å². The maximum absolute atomic E-state index is 13.5. The number of benzene rings is 1. The molecule has 1 aliphatic rings. The molecule has 0 spiro atoms. The van der Waals surface area contributed by atoms with Gasteiger partial charge in [0, 0.05) is 23.9 Å². The normalized spacial score (nSPS) is 15.8. The summed E-state index contributed by atoms with van der Waals surface area (Å²) < 4.78 is 29.3. The molecule has 2 aromatic heterocycles. The van der Waals surface area contributed by atoms with Crippen LogP contribution in [-0.2, 0) is 28.2 Å². The highest BCUT2D eigenvalue weighted by Gasteiger charge is 2.27. The zero-order valence-electron chi connectivity index (χ0n) is 20.8. The van der Waals surface area contributed by atoms with Crippen LogP contribution >= 0.6 is 0 Å². The van der Waals surface area contributed by atoms with Crippen LogP contribution in [0.3, 0.4) is 0 Å². The van der Waals surface area contributed by atoms with Gasteiger partial charge < -0.3 is 10.3 Å². The van der Waals surface area contributed by atoms with Crippen LogP contribution < -0.4 is 5.73 Å². The number of aromatic nitrogens is 3. The Kier molecular flexibility index (Phi) is 7.43. The number of sulfone groups is 1. The van der Waals surface area contributed by atoms with Crippen molar-refractivity contribution in [2.45, 2.75) is 93.9 Å². The molecule has 0 aliphatic heterocycles. The Labute approximate surface area is 203 Å². The zero-order valence-corrected chi connectivity index (χ0v) is 21.6. The SMILES string of the molecule is CC(C)(C)c1nc2cc(S(=O)(=O)c3ccnc(CCCCN)c3)ccc2n1CC1CCCCC1. The van der Waals surface area contributed by atoms with Crippen molar-refractivity contribution in [3.63, 3.8) is 0 Å². The molecular formula is C27H38N4O2S. The summed E-state index contributed by atoms with van der Waals surface area (Å²) in [6.07, 6.45) is 10.5. The summed E-state index contributed by atoms with van der Waals surface area (Å²) in [5.74, 6) is 1.68. The van der Waals surface area contributed by atoms with E-state index in [0.717, 1.165) is 48.4 Å². The molecule has 2 heterocycles. The molecule has 34 heavy (non-hydrogen) atoms. The van der Waals surface area contributed by atoms with Crippen LogP contribution in [0.4, 0.5) is 0 Å². The number of fused-ring (bicyclic) bond motifs is 1. The second-order valence-electron chi connectivity index (χ2n) is 10.7. The van der Waals surface area contributed by atoms with E-state index in [9.17, 15) is 8.42 Å². The fraction of sp³-hybridized carbons (Fsp3) is 0.556. The van der Waals surface area contributed by atoms with Crippen molar-refractivity contribution >= 4 is 20.9 Å². The predicted molar refractivity (Wildman–Crippen MR) is 137 cm³/mol. The maximum atomic E-state index is 13.5. The van der Waals surface area contributed by atoms with Gasteiger partial charge in [-0.15, -0.1) is 0 Å². The summed E-state index contributed by atoms with van der Waals surface area (Å²) in [6.45, 7) is 8.10. The highest BCUT2D eigenvalue weighted by molar-refractivity contribution is 7.91. The summed E-state index contributed by atoms with van der Waals surface area (Å²) in [5, 5.41) is 0. The molecular weight excluding hydrogens is 444 g/mol. The van der Waals surface area contributed by atoms with Gasteiger partial charge in [-0.25, -0.2) is 13.4 Å². The van der Waals surface area contributed by atoms with Crippen LogP contribution in [0.1, 0.15) is 77.2 Å². The van der Waals surface area contributed by atoms with Crippen molar-refractivity contribution in [1.29, 1.82) is 0 Å². The fourth-order valence-electron chi connectivity index (χ4n) is 5.01. The Balaban J connectivity index is 1.70. The molecule has 0 atom stereocenters. The Morgan fingerprint density at radius 2 is 1.76 bits per heavy atom. The number of nitrogens with two attached hydrogens (primary N) is 1. The minimum absolute atomic E-state index is 0.129. The second-order valence-corrected chi connectivity index (χ2v) is 12.6.